The van der Waals surface area contributed by atoms with Crippen molar-refractivity contribution < 1.29 is 18.4 Å². The molecule has 3 unspecified atom stereocenters. The Morgan fingerprint density at radius 2 is 1.95 bits per heavy atom. The standard InChI is InChI=1S/C13H23F3N4O/c1-20-9-3-2-4-10(20)6-8(5-9)18-7-11(12(17)19-21)13(14,15)16/h8-11,18,21H,2-7H2,1H3,(H2,17,19). The number of nitrogens with two attached hydrogens (primary N) is 1. The maximum Gasteiger partial charge on any atom is 0.400 e. The smallest absolute Gasteiger partial charge is 0.400 e. The molecule has 2 fully saturated rings. The number of piperidine rings is 2. The summed E-state index contributed by atoms with van der Waals surface area (Å²) in [6, 6.07) is 0.958. The van der Waals surface area contributed by atoms with E-state index < -0.39 is 17.9 Å². The van der Waals surface area contributed by atoms with Gasteiger partial charge in [0, 0.05) is 24.7 Å². The van der Waals surface area contributed by atoms with E-state index in [1.807, 2.05) is 0 Å². The largest absolute Gasteiger partial charge is 0.409 e. The molecule has 0 radical (unpaired) electrons. The predicted molar refractivity (Wildman–Crippen MR) is 73.2 cm³/mol. The number of nitrogens with one attached hydrogen (secondary N) is 1. The summed E-state index contributed by atoms with van der Waals surface area (Å²) in [5.74, 6) is -2.73. The number of amidine groups is 1. The molecule has 2 bridgehead atoms. The van der Waals surface area contributed by atoms with Crippen LogP contribution in [0.4, 0.5) is 13.2 Å². The van der Waals surface area contributed by atoms with E-state index in [2.05, 4.69) is 22.4 Å². The van der Waals surface area contributed by atoms with Gasteiger partial charge < -0.3 is 21.2 Å². The van der Waals surface area contributed by atoms with Crippen molar-refractivity contribution in [1.82, 2.24) is 10.2 Å². The van der Waals surface area contributed by atoms with Gasteiger partial charge >= 0.3 is 6.18 Å². The van der Waals surface area contributed by atoms with Gasteiger partial charge in [-0.05, 0) is 32.7 Å². The van der Waals surface area contributed by atoms with Crippen LogP contribution in [0.2, 0.25) is 0 Å². The van der Waals surface area contributed by atoms with Gasteiger partial charge in [-0.1, -0.05) is 11.6 Å². The van der Waals surface area contributed by atoms with E-state index in [0.717, 1.165) is 25.7 Å². The van der Waals surface area contributed by atoms with Gasteiger partial charge in [0.25, 0.3) is 0 Å². The Hall–Kier alpha value is -1.02. The highest BCUT2D eigenvalue weighted by atomic mass is 19.4. The lowest BCUT2D eigenvalue weighted by Gasteiger charge is -2.47. The Labute approximate surface area is 122 Å². The van der Waals surface area contributed by atoms with E-state index in [1.165, 1.54) is 6.42 Å². The highest BCUT2D eigenvalue weighted by Crippen LogP contribution is 2.33. The molecule has 0 saturated carbocycles. The molecule has 0 amide bonds. The Kier molecular flexibility index (Phi) is 4.98. The van der Waals surface area contributed by atoms with Crippen LogP contribution in [-0.2, 0) is 0 Å². The van der Waals surface area contributed by atoms with Crippen LogP contribution in [0, 0.1) is 5.92 Å². The molecule has 0 spiro atoms. The summed E-state index contributed by atoms with van der Waals surface area (Å²) >= 11 is 0. The minimum Gasteiger partial charge on any atom is -0.409 e. The normalized spacial score (nSPS) is 33.0. The van der Waals surface area contributed by atoms with E-state index in [4.69, 9.17) is 10.9 Å². The average Bonchev–Trinajstić information content (AvgIpc) is 2.38. The lowest BCUT2D eigenvalue weighted by atomic mass is 9.82. The van der Waals surface area contributed by atoms with Crippen LogP contribution in [0.5, 0.6) is 0 Å². The van der Waals surface area contributed by atoms with Gasteiger partial charge in [-0.15, -0.1) is 0 Å². The summed E-state index contributed by atoms with van der Waals surface area (Å²) in [7, 11) is 2.10. The maximum atomic E-state index is 12.9. The quantitative estimate of drug-likeness (QED) is 0.319. The number of oxime groups is 1. The van der Waals surface area contributed by atoms with Crippen molar-refractivity contribution in [1.29, 1.82) is 0 Å². The zero-order valence-electron chi connectivity index (χ0n) is 12.1. The number of halogens is 3. The molecule has 4 N–H and O–H groups in total. The third kappa shape index (κ3) is 3.79. The summed E-state index contributed by atoms with van der Waals surface area (Å²) in [5, 5.41) is 14.0. The fourth-order valence-corrected chi connectivity index (χ4v) is 3.52. The first-order valence-corrected chi connectivity index (χ1v) is 7.32. The molecule has 3 atom stereocenters. The van der Waals surface area contributed by atoms with Crippen LogP contribution in [0.15, 0.2) is 5.16 Å². The number of fused-ring (bicyclic) bond motifs is 2. The fraction of sp³-hybridized carbons (Fsp3) is 0.923. The summed E-state index contributed by atoms with van der Waals surface area (Å²) in [6.07, 6.45) is 0.607. The molecule has 2 heterocycles. The molecular weight excluding hydrogens is 285 g/mol. The molecule has 0 aromatic heterocycles. The molecule has 2 saturated heterocycles. The van der Waals surface area contributed by atoms with E-state index in [1.54, 1.807) is 0 Å². The molecular formula is C13H23F3N4O. The minimum absolute atomic E-state index is 0.0628. The van der Waals surface area contributed by atoms with Crippen molar-refractivity contribution in [2.45, 2.75) is 56.4 Å². The second kappa shape index (κ2) is 6.39. The van der Waals surface area contributed by atoms with E-state index >= 15 is 0 Å². The van der Waals surface area contributed by atoms with Gasteiger partial charge in [-0.2, -0.15) is 13.2 Å². The van der Waals surface area contributed by atoms with Crippen molar-refractivity contribution in [2.24, 2.45) is 16.8 Å². The van der Waals surface area contributed by atoms with Crippen molar-refractivity contribution in [3.05, 3.63) is 0 Å². The number of hydrogen-bond donors (Lipinski definition) is 3. The monoisotopic (exact) mass is 308 g/mol. The lowest BCUT2D eigenvalue weighted by molar-refractivity contribution is -0.155. The highest BCUT2D eigenvalue weighted by molar-refractivity contribution is 5.83. The maximum absolute atomic E-state index is 12.9. The Morgan fingerprint density at radius 1 is 1.38 bits per heavy atom. The minimum atomic E-state index is -4.51. The van der Waals surface area contributed by atoms with Crippen molar-refractivity contribution in [3.8, 4) is 0 Å². The highest BCUT2D eigenvalue weighted by Gasteiger charge is 2.43. The number of hydrogen-bond acceptors (Lipinski definition) is 4. The van der Waals surface area contributed by atoms with Crippen LogP contribution in [0.25, 0.3) is 0 Å². The second-order valence-electron chi connectivity index (χ2n) is 6.10. The summed E-state index contributed by atoms with van der Waals surface area (Å²) < 4.78 is 38.7. The summed E-state index contributed by atoms with van der Waals surface area (Å²) in [4.78, 5) is 2.35. The topological polar surface area (TPSA) is 73.9 Å². The van der Waals surface area contributed by atoms with Gasteiger partial charge in [0.2, 0.25) is 0 Å². The Bertz CT molecular complexity index is 374. The average molecular weight is 308 g/mol. The molecule has 2 aliphatic heterocycles. The van der Waals surface area contributed by atoms with Crippen LogP contribution in [0.3, 0.4) is 0 Å². The second-order valence-corrected chi connectivity index (χ2v) is 6.10. The Balaban J connectivity index is 1.93. The van der Waals surface area contributed by atoms with Crippen LogP contribution in [-0.4, -0.2) is 53.8 Å². The van der Waals surface area contributed by atoms with Crippen LogP contribution in [0.1, 0.15) is 32.1 Å². The molecule has 8 heteroatoms. The van der Waals surface area contributed by atoms with E-state index in [9.17, 15) is 13.2 Å². The van der Waals surface area contributed by atoms with E-state index in [-0.39, 0.29) is 12.6 Å². The molecule has 5 nitrogen and oxygen atoms in total. The first-order chi connectivity index (χ1) is 9.82. The van der Waals surface area contributed by atoms with Crippen molar-refractivity contribution in [3.63, 3.8) is 0 Å². The molecule has 0 aromatic rings. The zero-order chi connectivity index (χ0) is 15.6. The first-order valence-electron chi connectivity index (χ1n) is 7.32. The van der Waals surface area contributed by atoms with Gasteiger partial charge in [-0.25, -0.2) is 0 Å². The Morgan fingerprint density at radius 3 is 2.43 bits per heavy atom. The summed E-state index contributed by atoms with van der Waals surface area (Å²) in [6.45, 7) is -0.340. The molecule has 122 valence electrons. The molecule has 2 rings (SSSR count). The number of alkyl halides is 3. The van der Waals surface area contributed by atoms with Crippen molar-refractivity contribution >= 4 is 5.84 Å². The predicted octanol–water partition coefficient (Wildman–Crippen LogP) is 1.52. The van der Waals surface area contributed by atoms with Gasteiger partial charge in [-0.3, -0.25) is 0 Å². The van der Waals surface area contributed by atoms with Crippen molar-refractivity contribution in [2.75, 3.05) is 13.6 Å². The van der Waals surface area contributed by atoms with Crippen LogP contribution >= 0.6 is 0 Å². The van der Waals surface area contributed by atoms with Gasteiger partial charge in [0.1, 0.15) is 5.92 Å². The molecule has 2 aliphatic rings. The van der Waals surface area contributed by atoms with Gasteiger partial charge in [0.15, 0.2) is 5.84 Å². The SMILES string of the molecule is CN1C2CCCC1CC(NCC(C(N)=NO)C(F)(F)F)C2. The van der Waals surface area contributed by atoms with Gasteiger partial charge in [0.05, 0.1) is 0 Å². The third-order valence-corrected chi connectivity index (χ3v) is 4.82. The number of rotatable bonds is 4. The molecule has 0 aromatic carbocycles. The molecule has 21 heavy (non-hydrogen) atoms. The zero-order valence-corrected chi connectivity index (χ0v) is 12.1. The third-order valence-electron chi connectivity index (χ3n) is 4.82. The lowest BCUT2D eigenvalue weighted by Crippen LogP contribution is -2.56. The summed E-state index contributed by atoms with van der Waals surface area (Å²) in [5.41, 5.74) is 5.16. The number of nitrogens with zero attached hydrogens (tertiary/aromatic N) is 2. The molecule has 0 aliphatic carbocycles. The van der Waals surface area contributed by atoms with E-state index in [0.29, 0.717) is 12.1 Å². The first kappa shape index (κ1) is 16.4. The van der Waals surface area contributed by atoms with Crippen LogP contribution < -0.4 is 11.1 Å². The fourth-order valence-electron chi connectivity index (χ4n) is 3.52.